The van der Waals surface area contributed by atoms with E-state index in [2.05, 4.69) is 10.1 Å². The number of nitrogens with two attached hydrogens (primary N) is 1. The van der Waals surface area contributed by atoms with Gasteiger partial charge in [0.15, 0.2) is 5.82 Å². The fourth-order valence-electron chi connectivity index (χ4n) is 1.40. The number of anilines is 1. The van der Waals surface area contributed by atoms with Crippen LogP contribution in [0.15, 0.2) is 29.0 Å². The predicted octanol–water partition coefficient (Wildman–Crippen LogP) is 1.88. The third-order valence-corrected chi connectivity index (χ3v) is 2.06. The molecule has 0 saturated heterocycles. The van der Waals surface area contributed by atoms with Crippen molar-refractivity contribution in [3.05, 3.63) is 30.3 Å². The topological polar surface area (TPSA) is 64.9 Å². The van der Waals surface area contributed by atoms with Gasteiger partial charge >= 0.3 is 0 Å². The number of aromatic nitrogens is 2. The van der Waals surface area contributed by atoms with E-state index in [0.29, 0.717) is 5.82 Å². The Morgan fingerprint density at radius 1 is 1.50 bits per heavy atom. The number of nitrogens with zero attached hydrogens (tertiary/aromatic N) is 2. The fourth-order valence-corrected chi connectivity index (χ4v) is 1.40. The SMILES string of the molecule is CCc1onc(N)c1-c1cccnc1. The van der Waals surface area contributed by atoms with Crippen molar-refractivity contribution in [3.63, 3.8) is 0 Å². The Morgan fingerprint density at radius 2 is 2.36 bits per heavy atom. The van der Waals surface area contributed by atoms with Crippen molar-refractivity contribution in [2.75, 3.05) is 5.73 Å². The normalized spacial score (nSPS) is 10.4. The van der Waals surface area contributed by atoms with Crippen molar-refractivity contribution < 1.29 is 4.52 Å². The van der Waals surface area contributed by atoms with Gasteiger partial charge in [0.1, 0.15) is 5.76 Å². The van der Waals surface area contributed by atoms with E-state index in [0.717, 1.165) is 23.3 Å². The largest absolute Gasteiger partial charge is 0.380 e. The maximum Gasteiger partial charge on any atom is 0.175 e. The summed E-state index contributed by atoms with van der Waals surface area (Å²) in [5.74, 6) is 1.23. The molecule has 0 saturated carbocycles. The lowest BCUT2D eigenvalue weighted by molar-refractivity contribution is 0.390. The molecule has 72 valence electrons. The zero-order valence-electron chi connectivity index (χ0n) is 7.90. The van der Waals surface area contributed by atoms with Gasteiger partial charge in [0, 0.05) is 24.4 Å². The van der Waals surface area contributed by atoms with Crippen molar-refractivity contribution in [3.8, 4) is 11.1 Å². The molecule has 0 aliphatic heterocycles. The highest BCUT2D eigenvalue weighted by Crippen LogP contribution is 2.28. The first kappa shape index (κ1) is 8.74. The average Bonchev–Trinajstić information content (AvgIpc) is 2.61. The van der Waals surface area contributed by atoms with Crippen molar-refractivity contribution in [2.24, 2.45) is 0 Å². The second-order valence-corrected chi connectivity index (χ2v) is 2.96. The van der Waals surface area contributed by atoms with E-state index in [1.54, 1.807) is 12.4 Å². The van der Waals surface area contributed by atoms with Gasteiger partial charge in [0.05, 0.1) is 5.56 Å². The summed E-state index contributed by atoms with van der Waals surface area (Å²) in [6.45, 7) is 2.00. The highest BCUT2D eigenvalue weighted by atomic mass is 16.5. The molecule has 0 spiro atoms. The molecule has 2 aromatic rings. The predicted molar refractivity (Wildman–Crippen MR) is 53.5 cm³/mol. The fraction of sp³-hybridized carbons (Fsp3) is 0.200. The second-order valence-electron chi connectivity index (χ2n) is 2.96. The monoisotopic (exact) mass is 189 g/mol. The molecular weight excluding hydrogens is 178 g/mol. The van der Waals surface area contributed by atoms with Gasteiger partial charge < -0.3 is 10.3 Å². The van der Waals surface area contributed by atoms with Crippen LogP contribution in [0, 0.1) is 0 Å². The van der Waals surface area contributed by atoms with Crippen molar-refractivity contribution in [1.29, 1.82) is 0 Å². The first-order valence-corrected chi connectivity index (χ1v) is 4.47. The van der Waals surface area contributed by atoms with Gasteiger partial charge in [-0.3, -0.25) is 4.98 Å². The molecule has 2 N–H and O–H groups in total. The molecule has 2 rings (SSSR count). The van der Waals surface area contributed by atoms with Crippen LogP contribution in [0.1, 0.15) is 12.7 Å². The van der Waals surface area contributed by atoms with Gasteiger partial charge in [-0.2, -0.15) is 0 Å². The molecular formula is C10H11N3O. The number of rotatable bonds is 2. The quantitative estimate of drug-likeness (QED) is 0.783. The summed E-state index contributed by atoms with van der Waals surface area (Å²) < 4.78 is 5.10. The van der Waals surface area contributed by atoms with E-state index in [1.807, 2.05) is 19.1 Å². The number of aryl methyl sites for hydroxylation is 1. The Morgan fingerprint density at radius 3 is 3.00 bits per heavy atom. The minimum absolute atomic E-state index is 0.426. The highest BCUT2D eigenvalue weighted by molar-refractivity contribution is 5.74. The minimum atomic E-state index is 0.426. The molecule has 0 aromatic carbocycles. The standard InChI is InChI=1S/C10H11N3O/c1-2-8-9(10(11)13-14-8)7-4-3-5-12-6-7/h3-6H,2H2,1H3,(H2,11,13). The van der Waals surface area contributed by atoms with Gasteiger partial charge in [-0.1, -0.05) is 18.1 Å². The van der Waals surface area contributed by atoms with Crippen LogP contribution >= 0.6 is 0 Å². The van der Waals surface area contributed by atoms with Crippen LogP contribution in [0.4, 0.5) is 5.82 Å². The number of hydrogen-bond acceptors (Lipinski definition) is 4. The van der Waals surface area contributed by atoms with E-state index in [4.69, 9.17) is 10.3 Å². The summed E-state index contributed by atoms with van der Waals surface area (Å²) >= 11 is 0. The third kappa shape index (κ3) is 1.35. The lowest BCUT2D eigenvalue weighted by atomic mass is 10.1. The third-order valence-electron chi connectivity index (χ3n) is 2.06. The minimum Gasteiger partial charge on any atom is -0.380 e. The van der Waals surface area contributed by atoms with E-state index < -0.39 is 0 Å². The first-order chi connectivity index (χ1) is 6.83. The molecule has 0 aliphatic rings. The summed E-state index contributed by atoms with van der Waals surface area (Å²) in [5, 5.41) is 3.74. The molecule has 0 unspecified atom stereocenters. The Balaban J connectivity index is 2.55. The van der Waals surface area contributed by atoms with Crippen molar-refractivity contribution >= 4 is 5.82 Å². The van der Waals surface area contributed by atoms with Crippen LogP contribution in [0.5, 0.6) is 0 Å². The second kappa shape index (κ2) is 3.49. The van der Waals surface area contributed by atoms with Gasteiger partial charge in [0.25, 0.3) is 0 Å². The van der Waals surface area contributed by atoms with E-state index in [-0.39, 0.29) is 0 Å². The van der Waals surface area contributed by atoms with Crippen LogP contribution in [-0.4, -0.2) is 10.1 Å². The Labute approximate surface area is 81.7 Å². The van der Waals surface area contributed by atoms with Gasteiger partial charge in [0.2, 0.25) is 0 Å². The first-order valence-electron chi connectivity index (χ1n) is 4.47. The zero-order valence-corrected chi connectivity index (χ0v) is 7.90. The van der Waals surface area contributed by atoms with Crippen LogP contribution in [0.25, 0.3) is 11.1 Å². The summed E-state index contributed by atoms with van der Waals surface area (Å²) in [6.07, 6.45) is 4.25. The molecule has 4 nitrogen and oxygen atoms in total. The molecule has 0 radical (unpaired) electrons. The summed E-state index contributed by atoms with van der Waals surface area (Å²) in [5.41, 5.74) is 7.53. The Kier molecular flexibility index (Phi) is 2.18. The van der Waals surface area contributed by atoms with E-state index >= 15 is 0 Å². The van der Waals surface area contributed by atoms with Crippen LogP contribution in [0.3, 0.4) is 0 Å². The van der Waals surface area contributed by atoms with Crippen molar-refractivity contribution in [1.82, 2.24) is 10.1 Å². The Hall–Kier alpha value is -1.84. The summed E-state index contributed by atoms with van der Waals surface area (Å²) in [6, 6.07) is 3.80. The molecule has 14 heavy (non-hydrogen) atoms. The number of pyridine rings is 1. The van der Waals surface area contributed by atoms with Gasteiger partial charge in [-0.15, -0.1) is 0 Å². The molecule has 0 atom stereocenters. The van der Waals surface area contributed by atoms with E-state index in [9.17, 15) is 0 Å². The van der Waals surface area contributed by atoms with E-state index in [1.165, 1.54) is 0 Å². The smallest absolute Gasteiger partial charge is 0.175 e. The molecule has 0 fully saturated rings. The lowest BCUT2D eigenvalue weighted by Gasteiger charge is -1.98. The maximum absolute atomic E-state index is 5.72. The molecule has 0 aliphatic carbocycles. The Bertz CT molecular complexity index is 422. The van der Waals surface area contributed by atoms with Crippen molar-refractivity contribution in [2.45, 2.75) is 13.3 Å². The molecule has 0 amide bonds. The highest BCUT2D eigenvalue weighted by Gasteiger charge is 2.13. The average molecular weight is 189 g/mol. The van der Waals surface area contributed by atoms with Crippen LogP contribution in [0.2, 0.25) is 0 Å². The zero-order chi connectivity index (χ0) is 9.97. The van der Waals surface area contributed by atoms with Crippen LogP contribution in [-0.2, 0) is 6.42 Å². The summed E-state index contributed by atoms with van der Waals surface area (Å²) in [4.78, 5) is 4.03. The molecule has 4 heteroatoms. The molecule has 2 aromatic heterocycles. The number of hydrogen-bond donors (Lipinski definition) is 1. The van der Waals surface area contributed by atoms with Gasteiger partial charge in [-0.05, 0) is 6.07 Å². The molecule has 2 heterocycles. The lowest BCUT2D eigenvalue weighted by Crippen LogP contribution is -1.90. The maximum atomic E-state index is 5.72. The summed E-state index contributed by atoms with van der Waals surface area (Å²) in [7, 11) is 0. The van der Waals surface area contributed by atoms with Gasteiger partial charge in [-0.25, -0.2) is 0 Å². The molecule has 0 bridgehead atoms. The van der Waals surface area contributed by atoms with Crippen LogP contribution < -0.4 is 5.73 Å². The number of nitrogen functional groups attached to an aromatic ring is 1.